The Hall–Kier alpha value is -2.21. The van der Waals surface area contributed by atoms with Gasteiger partial charge in [-0.05, 0) is 29.8 Å². The molecule has 0 aliphatic rings. The van der Waals surface area contributed by atoms with Crippen LogP contribution in [0.15, 0.2) is 53.7 Å². The molecule has 0 saturated heterocycles. The molecular weight excluding hydrogens is 288 g/mol. The Balaban J connectivity index is 2.20. The highest BCUT2D eigenvalue weighted by Crippen LogP contribution is 2.14. The summed E-state index contributed by atoms with van der Waals surface area (Å²) in [6.45, 7) is 0.412. The highest BCUT2D eigenvalue weighted by molar-refractivity contribution is 7.90. The monoisotopic (exact) mass is 304 g/mol. The highest BCUT2D eigenvalue weighted by Gasteiger charge is 2.15. The zero-order chi connectivity index (χ0) is 15.5. The van der Waals surface area contributed by atoms with E-state index in [9.17, 15) is 13.2 Å². The zero-order valence-electron chi connectivity index (χ0n) is 11.9. The lowest BCUT2D eigenvalue weighted by Crippen LogP contribution is -2.26. The fourth-order valence-corrected chi connectivity index (χ4v) is 2.58. The molecule has 110 valence electrons. The SMILES string of the molecule is CN(Cc1cccnc1)C(=O)c1cccc(S(C)(=O)=O)c1. The number of aromatic nitrogens is 1. The minimum Gasteiger partial charge on any atom is -0.337 e. The molecule has 2 aromatic rings. The maximum atomic E-state index is 12.3. The van der Waals surface area contributed by atoms with E-state index in [4.69, 9.17) is 0 Å². The minimum absolute atomic E-state index is 0.142. The molecule has 0 N–H and O–H groups in total. The van der Waals surface area contributed by atoms with Crippen molar-refractivity contribution in [2.45, 2.75) is 11.4 Å². The number of hydrogen-bond donors (Lipinski definition) is 0. The maximum absolute atomic E-state index is 12.3. The molecule has 0 atom stereocenters. The van der Waals surface area contributed by atoms with Gasteiger partial charge in [-0.15, -0.1) is 0 Å². The number of nitrogens with zero attached hydrogens (tertiary/aromatic N) is 2. The molecule has 6 heteroatoms. The van der Waals surface area contributed by atoms with Crippen molar-refractivity contribution in [3.8, 4) is 0 Å². The van der Waals surface area contributed by atoms with Crippen molar-refractivity contribution in [2.75, 3.05) is 13.3 Å². The van der Waals surface area contributed by atoms with Gasteiger partial charge in [0, 0.05) is 37.8 Å². The first-order valence-electron chi connectivity index (χ1n) is 6.32. The number of pyridine rings is 1. The van der Waals surface area contributed by atoms with Crippen LogP contribution in [0.3, 0.4) is 0 Å². The topological polar surface area (TPSA) is 67.3 Å². The Bertz CT molecular complexity index is 743. The van der Waals surface area contributed by atoms with Gasteiger partial charge in [-0.1, -0.05) is 12.1 Å². The zero-order valence-corrected chi connectivity index (χ0v) is 12.7. The average Bonchev–Trinajstić information content (AvgIpc) is 2.46. The van der Waals surface area contributed by atoms with E-state index in [0.717, 1.165) is 11.8 Å². The molecule has 1 aromatic carbocycles. The van der Waals surface area contributed by atoms with Gasteiger partial charge in [0.05, 0.1) is 4.90 Å². The second kappa shape index (κ2) is 6.05. The molecule has 5 nitrogen and oxygen atoms in total. The second-order valence-corrected chi connectivity index (χ2v) is 6.84. The third-order valence-corrected chi connectivity index (χ3v) is 4.11. The molecule has 1 heterocycles. The normalized spacial score (nSPS) is 11.1. The molecule has 0 fully saturated rings. The van der Waals surface area contributed by atoms with Gasteiger partial charge in [-0.25, -0.2) is 8.42 Å². The minimum atomic E-state index is -3.32. The first-order valence-corrected chi connectivity index (χ1v) is 8.21. The summed E-state index contributed by atoms with van der Waals surface area (Å²) in [6, 6.07) is 9.74. The molecule has 0 unspecified atom stereocenters. The molecule has 0 spiro atoms. The molecule has 1 amide bonds. The molecule has 0 aliphatic heterocycles. The van der Waals surface area contributed by atoms with Gasteiger partial charge in [0.1, 0.15) is 0 Å². The van der Waals surface area contributed by atoms with E-state index < -0.39 is 9.84 Å². The summed E-state index contributed by atoms with van der Waals surface area (Å²) in [5.41, 5.74) is 1.26. The van der Waals surface area contributed by atoms with Crippen LogP contribution in [-0.2, 0) is 16.4 Å². The van der Waals surface area contributed by atoms with Gasteiger partial charge >= 0.3 is 0 Å². The Kier molecular flexibility index (Phi) is 4.37. The van der Waals surface area contributed by atoms with Gasteiger partial charge in [-0.2, -0.15) is 0 Å². The Labute approximate surface area is 124 Å². The number of sulfone groups is 1. The van der Waals surface area contributed by atoms with E-state index in [2.05, 4.69) is 4.98 Å². The summed E-state index contributed by atoms with van der Waals surface area (Å²) in [4.78, 5) is 18.0. The standard InChI is InChI=1S/C15H16N2O3S/c1-17(11-12-5-4-8-16-10-12)15(18)13-6-3-7-14(9-13)21(2,19)20/h3-10H,11H2,1-2H3. The lowest BCUT2D eigenvalue weighted by atomic mass is 10.2. The van der Waals surface area contributed by atoms with Crippen molar-refractivity contribution in [1.82, 2.24) is 9.88 Å². The largest absolute Gasteiger partial charge is 0.337 e. The van der Waals surface area contributed by atoms with Crippen LogP contribution in [0, 0.1) is 0 Å². The van der Waals surface area contributed by atoms with Crippen LogP contribution in [0.2, 0.25) is 0 Å². The van der Waals surface area contributed by atoms with Crippen LogP contribution >= 0.6 is 0 Å². The first-order chi connectivity index (χ1) is 9.88. The maximum Gasteiger partial charge on any atom is 0.253 e. The van der Waals surface area contributed by atoms with E-state index in [-0.39, 0.29) is 10.8 Å². The van der Waals surface area contributed by atoms with Gasteiger partial charge in [0.25, 0.3) is 5.91 Å². The fraction of sp³-hybridized carbons (Fsp3) is 0.200. The molecule has 2 rings (SSSR count). The predicted octanol–water partition coefficient (Wildman–Crippen LogP) is 1.76. The lowest BCUT2D eigenvalue weighted by molar-refractivity contribution is 0.0784. The van der Waals surface area contributed by atoms with E-state index in [1.165, 1.54) is 17.0 Å². The van der Waals surface area contributed by atoms with Crippen molar-refractivity contribution in [1.29, 1.82) is 0 Å². The second-order valence-electron chi connectivity index (χ2n) is 4.82. The number of carbonyl (C=O) groups is 1. The summed E-state index contributed by atoms with van der Waals surface area (Å²) in [6.07, 6.45) is 4.48. The van der Waals surface area contributed by atoms with Crippen LogP contribution in [-0.4, -0.2) is 37.5 Å². The predicted molar refractivity (Wildman–Crippen MR) is 79.6 cm³/mol. The van der Waals surface area contributed by atoms with E-state index in [1.807, 2.05) is 6.07 Å². The summed E-state index contributed by atoms with van der Waals surface area (Å²) in [5, 5.41) is 0. The van der Waals surface area contributed by atoms with E-state index >= 15 is 0 Å². The number of carbonyl (C=O) groups excluding carboxylic acids is 1. The van der Waals surface area contributed by atoms with Crippen LogP contribution in [0.5, 0.6) is 0 Å². The van der Waals surface area contributed by atoms with Crippen molar-refractivity contribution < 1.29 is 13.2 Å². The van der Waals surface area contributed by atoms with E-state index in [1.54, 1.807) is 37.6 Å². The molecule has 0 bridgehead atoms. The van der Waals surface area contributed by atoms with Crippen molar-refractivity contribution in [3.63, 3.8) is 0 Å². The van der Waals surface area contributed by atoms with Gasteiger partial charge < -0.3 is 4.90 Å². The molecule has 0 saturated carbocycles. The molecule has 21 heavy (non-hydrogen) atoms. The van der Waals surface area contributed by atoms with Gasteiger partial charge in [0.15, 0.2) is 9.84 Å². The lowest BCUT2D eigenvalue weighted by Gasteiger charge is -2.17. The third kappa shape index (κ3) is 3.88. The molecule has 0 radical (unpaired) electrons. The summed E-state index contributed by atoms with van der Waals surface area (Å²) in [5.74, 6) is -0.232. The number of benzene rings is 1. The Morgan fingerprint density at radius 2 is 2.00 bits per heavy atom. The van der Waals surface area contributed by atoms with Crippen LogP contribution in [0.25, 0.3) is 0 Å². The summed E-state index contributed by atoms with van der Waals surface area (Å²) < 4.78 is 23.1. The number of hydrogen-bond acceptors (Lipinski definition) is 4. The van der Waals surface area contributed by atoms with E-state index in [0.29, 0.717) is 12.1 Å². The van der Waals surface area contributed by atoms with Crippen molar-refractivity contribution in [2.24, 2.45) is 0 Å². The quantitative estimate of drug-likeness (QED) is 0.863. The average molecular weight is 304 g/mol. The van der Waals surface area contributed by atoms with Crippen LogP contribution < -0.4 is 0 Å². The Morgan fingerprint density at radius 3 is 2.62 bits per heavy atom. The highest BCUT2D eigenvalue weighted by atomic mass is 32.2. The van der Waals surface area contributed by atoms with Crippen molar-refractivity contribution in [3.05, 3.63) is 59.9 Å². The fourth-order valence-electron chi connectivity index (χ4n) is 1.92. The summed E-state index contributed by atoms with van der Waals surface area (Å²) >= 11 is 0. The summed E-state index contributed by atoms with van der Waals surface area (Å²) in [7, 11) is -1.66. The Morgan fingerprint density at radius 1 is 1.24 bits per heavy atom. The molecular formula is C15H16N2O3S. The third-order valence-electron chi connectivity index (χ3n) is 3.00. The molecule has 1 aromatic heterocycles. The molecule has 0 aliphatic carbocycles. The van der Waals surface area contributed by atoms with Crippen LogP contribution in [0.1, 0.15) is 15.9 Å². The van der Waals surface area contributed by atoms with Crippen LogP contribution in [0.4, 0.5) is 0 Å². The van der Waals surface area contributed by atoms with Gasteiger partial charge in [0.2, 0.25) is 0 Å². The number of amides is 1. The number of rotatable bonds is 4. The first kappa shape index (κ1) is 15.2. The van der Waals surface area contributed by atoms with Crippen molar-refractivity contribution >= 4 is 15.7 Å². The van der Waals surface area contributed by atoms with Gasteiger partial charge in [-0.3, -0.25) is 9.78 Å². The smallest absolute Gasteiger partial charge is 0.253 e.